The van der Waals surface area contributed by atoms with E-state index >= 15 is 0 Å². The summed E-state index contributed by atoms with van der Waals surface area (Å²) in [7, 11) is -3.42. The number of sulfonamides is 1. The molecule has 8 heteroatoms. The van der Waals surface area contributed by atoms with Gasteiger partial charge in [-0.15, -0.1) is 0 Å². The normalized spacial score (nSPS) is 11.2. The molecule has 1 heterocycles. The fourth-order valence-electron chi connectivity index (χ4n) is 1.56. The highest BCUT2D eigenvalue weighted by Crippen LogP contribution is 2.27. The van der Waals surface area contributed by atoms with Gasteiger partial charge in [-0.05, 0) is 12.1 Å². The number of carbonyl (C=O) groups is 1. The predicted molar refractivity (Wildman–Crippen MR) is 69.4 cm³/mol. The molecule has 100 valence electrons. The van der Waals surface area contributed by atoms with Crippen LogP contribution in [0.25, 0.3) is 11.3 Å². The van der Waals surface area contributed by atoms with Crippen LogP contribution in [0.1, 0.15) is 10.5 Å². The third-order valence-electron chi connectivity index (χ3n) is 2.31. The van der Waals surface area contributed by atoms with E-state index in [1.54, 1.807) is 24.3 Å². The van der Waals surface area contributed by atoms with Gasteiger partial charge in [-0.1, -0.05) is 18.2 Å². The van der Waals surface area contributed by atoms with E-state index in [0.29, 0.717) is 16.9 Å². The Labute approximate surface area is 109 Å². The van der Waals surface area contributed by atoms with Gasteiger partial charge < -0.3 is 5.11 Å². The van der Waals surface area contributed by atoms with Gasteiger partial charge >= 0.3 is 5.97 Å². The van der Waals surface area contributed by atoms with Gasteiger partial charge in [0.15, 0.2) is 0 Å². The molecule has 0 spiro atoms. The molecule has 7 nitrogen and oxygen atoms in total. The van der Waals surface area contributed by atoms with Crippen molar-refractivity contribution in [3.63, 3.8) is 0 Å². The minimum atomic E-state index is -3.42. The molecule has 2 aromatic rings. The highest BCUT2D eigenvalue weighted by atomic mass is 32.2. The zero-order valence-electron chi connectivity index (χ0n) is 9.91. The van der Waals surface area contributed by atoms with Gasteiger partial charge in [-0.2, -0.15) is 5.10 Å². The zero-order valence-corrected chi connectivity index (χ0v) is 10.7. The van der Waals surface area contributed by atoms with Gasteiger partial charge in [0.25, 0.3) is 0 Å². The monoisotopic (exact) mass is 281 g/mol. The van der Waals surface area contributed by atoms with Crippen LogP contribution in [0.3, 0.4) is 0 Å². The van der Waals surface area contributed by atoms with Gasteiger partial charge in [-0.25, -0.2) is 13.2 Å². The SMILES string of the molecule is CS(=O)(=O)Nc1ccccc1-c1cc(C(=O)O)[nH]n1. The number of aromatic amines is 1. The second-order valence-corrected chi connectivity index (χ2v) is 5.64. The number of nitrogens with zero attached hydrogens (tertiary/aromatic N) is 1. The van der Waals surface area contributed by atoms with Crippen molar-refractivity contribution in [2.24, 2.45) is 0 Å². The first-order chi connectivity index (χ1) is 8.87. The average Bonchev–Trinajstić information content (AvgIpc) is 2.76. The number of rotatable bonds is 4. The van der Waals surface area contributed by atoms with E-state index < -0.39 is 16.0 Å². The minimum absolute atomic E-state index is 0.0656. The van der Waals surface area contributed by atoms with Crippen LogP contribution in [0.5, 0.6) is 0 Å². The van der Waals surface area contributed by atoms with Crippen molar-refractivity contribution in [2.45, 2.75) is 0 Å². The van der Waals surface area contributed by atoms with Crippen molar-refractivity contribution < 1.29 is 18.3 Å². The topological polar surface area (TPSA) is 112 Å². The van der Waals surface area contributed by atoms with Gasteiger partial charge in [0.1, 0.15) is 5.69 Å². The van der Waals surface area contributed by atoms with E-state index in [0.717, 1.165) is 6.26 Å². The summed E-state index contributed by atoms with van der Waals surface area (Å²) in [6.07, 6.45) is 1.04. The van der Waals surface area contributed by atoms with Gasteiger partial charge in [0.05, 0.1) is 17.6 Å². The van der Waals surface area contributed by atoms with Gasteiger partial charge in [0.2, 0.25) is 10.0 Å². The van der Waals surface area contributed by atoms with Crippen molar-refractivity contribution in [2.75, 3.05) is 11.0 Å². The fraction of sp³-hybridized carbons (Fsp3) is 0.0909. The lowest BCUT2D eigenvalue weighted by molar-refractivity contribution is 0.0690. The summed E-state index contributed by atoms with van der Waals surface area (Å²) in [5.41, 5.74) is 1.12. The number of hydrogen-bond donors (Lipinski definition) is 3. The van der Waals surface area contributed by atoms with Crippen LogP contribution >= 0.6 is 0 Å². The third-order valence-corrected chi connectivity index (χ3v) is 2.90. The molecule has 0 aliphatic heterocycles. The molecule has 3 N–H and O–H groups in total. The van der Waals surface area contributed by atoms with E-state index in [9.17, 15) is 13.2 Å². The molecule has 19 heavy (non-hydrogen) atoms. The zero-order chi connectivity index (χ0) is 14.0. The maximum atomic E-state index is 11.3. The summed E-state index contributed by atoms with van der Waals surface area (Å²) in [5.74, 6) is -1.13. The molecule has 0 fully saturated rings. The van der Waals surface area contributed by atoms with Crippen LogP contribution in [0, 0.1) is 0 Å². The van der Waals surface area contributed by atoms with E-state index in [1.807, 2.05) is 0 Å². The molecular weight excluding hydrogens is 270 g/mol. The number of hydrogen-bond acceptors (Lipinski definition) is 4. The number of carboxylic acids is 1. The number of aromatic carboxylic acids is 1. The Balaban J connectivity index is 2.46. The van der Waals surface area contributed by atoms with Crippen LogP contribution in [-0.4, -0.2) is 35.9 Å². The smallest absolute Gasteiger partial charge is 0.353 e. The predicted octanol–water partition coefficient (Wildman–Crippen LogP) is 1.15. The Kier molecular flexibility index (Phi) is 3.26. The van der Waals surface area contributed by atoms with Crippen LogP contribution in [-0.2, 0) is 10.0 Å². The van der Waals surface area contributed by atoms with Gasteiger partial charge in [-0.3, -0.25) is 9.82 Å². The second-order valence-electron chi connectivity index (χ2n) is 3.89. The molecule has 0 saturated heterocycles. The molecule has 0 saturated carbocycles. The highest BCUT2D eigenvalue weighted by molar-refractivity contribution is 7.92. The number of nitrogens with one attached hydrogen (secondary N) is 2. The maximum absolute atomic E-state index is 11.3. The number of benzene rings is 1. The van der Waals surface area contributed by atoms with Gasteiger partial charge in [0, 0.05) is 5.56 Å². The summed E-state index contributed by atoms with van der Waals surface area (Å²) >= 11 is 0. The first kappa shape index (κ1) is 13.1. The average molecular weight is 281 g/mol. The Morgan fingerprint density at radius 1 is 1.37 bits per heavy atom. The van der Waals surface area contributed by atoms with E-state index in [-0.39, 0.29) is 5.69 Å². The number of carboxylic acid groups (broad SMARTS) is 1. The molecule has 1 aromatic carbocycles. The minimum Gasteiger partial charge on any atom is -0.477 e. The quantitative estimate of drug-likeness (QED) is 0.778. The van der Waals surface area contributed by atoms with Crippen molar-refractivity contribution in [1.82, 2.24) is 10.2 Å². The van der Waals surface area contributed by atoms with Crippen molar-refractivity contribution in [3.05, 3.63) is 36.0 Å². The summed E-state index contributed by atoms with van der Waals surface area (Å²) in [6.45, 7) is 0. The lowest BCUT2D eigenvalue weighted by Gasteiger charge is -2.08. The Morgan fingerprint density at radius 3 is 2.63 bits per heavy atom. The van der Waals surface area contributed by atoms with E-state index in [4.69, 9.17) is 5.11 Å². The largest absolute Gasteiger partial charge is 0.477 e. The van der Waals surface area contributed by atoms with Crippen molar-refractivity contribution in [1.29, 1.82) is 0 Å². The number of para-hydroxylation sites is 1. The Morgan fingerprint density at radius 2 is 2.05 bits per heavy atom. The Hall–Kier alpha value is -2.35. The lowest BCUT2D eigenvalue weighted by Crippen LogP contribution is -2.10. The molecule has 1 aromatic heterocycles. The summed E-state index contributed by atoms with van der Waals surface area (Å²) in [4.78, 5) is 10.8. The summed E-state index contributed by atoms with van der Waals surface area (Å²) < 4.78 is 24.9. The summed E-state index contributed by atoms with van der Waals surface area (Å²) in [5, 5.41) is 15.0. The van der Waals surface area contributed by atoms with Crippen LogP contribution in [0.2, 0.25) is 0 Å². The molecule has 0 atom stereocenters. The van der Waals surface area contributed by atoms with E-state index in [1.165, 1.54) is 6.07 Å². The molecule has 0 aliphatic rings. The number of H-pyrrole nitrogens is 1. The first-order valence-corrected chi connectivity index (χ1v) is 7.12. The van der Waals surface area contributed by atoms with Crippen molar-refractivity contribution in [3.8, 4) is 11.3 Å². The standard InChI is InChI=1S/C11H11N3O4S/c1-19(17,18)14-8-5-3-2-4-7(8)9-6-10(11(15)16)13-12-9/h2-6,14H,1H3,(H,12,13)(H,15,16). The molecular formula is C11H11N3O4S. The second kappa shape index (κ2) is 4.73. The molecule has 0 unspecified atom stereocenters. The maximum Gasteiger partial charge on any atom is 0.353 e. The fourth-order valence-corrected chi connectivity index (χ4v) is 2.14. The third kappa shape index (κ3) is 3.10. The first-order valence-electron chi connectivity index (χ1n) is 5.23. The molecule has 0 radical (unpaired) electrons. The molecule has 0 bridgehead atoms. The lowest BCUT2D eigenvalue weighted by atomic mass is 10.1. The number of aromatic nitrogens is 2. The summed E-state index contributed by atoms with van der Waals surface area (Å²) in [6, 6.07) is 7.94. The number of anilines is 1. The Bertz CT molecular complexity index is 721. The van der Waals surface area contributed by atoms with Crippen LogP contribution in [0.4, 0.5) is 5.69 Å². The van der Waals surface area contributed by atoms with Crippen LogP contribution in [0.15, 0.2) is 30.3 Å². The van der Waals surface area contributed by atoms with Crippen LogP contribution < -0.4 is 4.72 Å². The molecule has 2 rings (SSSR count). The molecule has 0 amide bonds. The molecule has 0 aliphatic carbocycles. The van der Waals surface area contributed by atoms with Crippen molar-refractivity contribution >= 4 is 21.7 Å². The highest BCUT2D eigenvalue weighted by Gasteiger charge is 2.13. The van der Waals surface area contributed by atoms with E-state index in [2.05, 4.69) is 14.9 Å².